The van der Waals surface area contributed by atoms with E-state index < -0.39 is 10.0 Å². The molecular weight excluding hydrogens is 404 g/mol. The minimum atomic E-state index is -3.64. The van der Waals surface area contributed by atoms with Gasteiger partial charge in [0, 0.05) is 35.5 Å². The van der Waals surface area contributed by atoms with Crippen LogP contribution in [0.5, 0.6) is 0 Å². The largest absolute Gasteiger partial charge is 0.344 e. The quantitative estimate of drug-likeness (QED) is 0.453. The number of nitrogens with zero attached hydrogens (tertiary/aromatic N) is 1. The van der Waals surface area contributed by atoms with Crippen molar-refractivity contribution in [1.82, 2.24) is 9.29 Å². The van der Waals surface area contributed by atoms with Crippen molar-refractivity contribution < 1.29 is 8.42 Å². The molecule has 1 fully saturated rings. The third-order valence-corrected chi connectivity index (χ3v) is 8.06. The molecular formula is C26H26N2O2S. The summed E-state index contributed by atoms with van der Waals surface area (Å²) in [7, 11) is -3.64. The Morgan fingerprint density at radius 1 is 0.710 bits per heavy atom. The Bertz CT molecular complexity index is 1240. The fourth-order valence-corrected chi connectivity index (χ4v) is 6.42. The number of rotatable bonds is 5. The summed E-state index contributed by atoms with van der Waals surface area (Å²) in [5, 5.41) is 1.28. The Kier molecular flexibility index (Phi) is 5.38. The minimum absolute atomic E-state index is 0.187. The number of sulfonamides is 1. The maximum atomic E-state index is 13.8. The molecule has 1 aliphatic heterocycles. The van der Waals surface area contributed by atoms with Gasteiger partial charge >= 0.3 is 0 Å². The smallest absolute Gasteiger partial charge is 0.258 e. The summed E-state index contributed by atoms with van der Waals surface area (Å²) in [5.74, 6) is -0.187. The molecule has 0 atom stereocenters. The molecule has 1 saturated heterocycles. The zero-order valence-corrected chi connectivity index (χ0v) is 18.2. The molecule has 0 amide bonds. The Morgan fingerprint density at radius 2 is 1.26 bits per heavy atom. The number of fused-ring (bicyclic) bond motifs is 1. The van der Waals surface area contributed by atoms with E-state index >= 15 is 0 Å². The van der Waals surface area contributed by atoms with Crippen LogP contribution in [0, 0.1) is 0 Å². The summed E-state index contributed by atoms with van der Waals surface area (Å²) < 4.78 is 29.3. The molecule has 1 aliphatic rings. The van der Waals surface area contributed by atoms with E-state index in [0.29, 0.717) is 18.1 Å². The van der Waals surface area contributed by atoms with Crippen LogP contribution < -0.4 is 0 Å². The predicted octanol–water partition coefficient (Wildman–Crippen LogP) is 5.52. The highest BCUT2D eigenvalue weighted by Crippen LogP contribution is 2.41. The second-order valence-electron chi connectivity index (χ2n) is 8.13. The zero-order chi connectivity index (χ0) is 21.3. The summed E-state index contributed by atoms with van der Waals surface area (Å²) in [6.45, 7) is 1.16. The Hall–Kier alpha value is -2.89. The van der Waals surface area contributed by atoms with Gasteiger partial charge in [-0.15, -0.1) is 0 Å². The van der Waals surface area contributed by atoms with Gasteiger partial charge in [0.2, 0.25) is 0 Å². The lowest BCUT2D eigenvalue weighted by molar-refractivity contribution is 0.345. The molecule has 0 saturated carbocycles. The van der Waals surface area contributed by atoms with Crippen molar-refractivity contribution in [2.75, 3.05) is 13.1 Å². The van der Waals surface area contributed by atoms with E-state index in [1.807, 2.05) is 60.7 Å². The maximum Gasteiger partial charge on any atom is 0.258 e. The lowest BCUT2D eigenvalue weighted by atomic mass is 9.85. The SMILES string of the molecule is O=S(=O)(c1[nH]c2ccccc2c1C(c1ccccc1)c1ccccc1)N1CCCCC1. The highest BCUT2D eigenvalue weighted by atomic mass is 32.2. The van der Waals surface area contributed by atoms with Crippen molar-refractivity contribution in [3.05, 3.63) is 102 Å². The molecule has 158 valence electrons. The number of aromatic nitrogens is 1. The molecule has 1 N–H and O–H groups in total. The van der Waals surface area contributed by atoms with Gasteiger partial charge in [-0.2, -0.15) is 4.31 Å². The van der Waals surface area contributed by atoms with Crippen LogP contribution in [0.2, 0.25) is 0 Å². The number of hydrogen-bond donors (Lipinski definition) is 1. The first kappa shape index (κ1) is 20.0. The van der Waals surface area contributed by atoms with Gasteiger partial charge in [-0.3, -0.25) is 0 Å². The van der Waals surface area contributed by atoms with E-state index in [4.69, 9.17) is 0 Å². The fraction of sp³-hybridized carbons (Fsp3) is 0.231. The second kappa shape index (κ2) is 8.33. The average Bonchev–Trinajstić information content (AvgIpc) is 3.22. The number of piperidine rings is 1. The summed E-state index contributed by atoms with van der Waals surface area (Å²) in [6.07, 6.45) is 2.91. The van der Waals surface area contributed by atoms with Crippen LogP contribution in [-0.4, -0.2) is 30.8 Å². The minimum Gasteiger partial charge on any atom is -0.344 e. The summed E-state index contributed by atoms with van der Waals surface area (Å²) in [5.41, 5.74) is 3.84. The Balaban J connectivity index is 1.79. The van der Waals surface area contributed by atoms with Gasteiger partial charge < -0.3 is 4.98 Å². The van der Waals surface area contributed by atoms with Crippen LogP contribution in [0.4, 0.5) is 0 Å². The second-order valence-corrected chi connectivity index (χ2v) is 10.0. The third kappa shape index (κ3) is 3.68. The fourth-order valence-electron chi connectivity index (χ4n) is 4.68. The third-order valence-electron chi connectivity index (χ3n) is 6.18. The van der Waals surface area contributed by atoms with E-state index in [9.17, 15) is 8.42 Å². The number of H-pyrrole nitrogens is 1. The van der Waals surface area contributed by atoms with Crippen molar-refractivity contribution in [3.63, 3.8) is 0 Å². The molecule has 5 rings (SSSR count). The van der Waals surface area contributed by atoms with Gasteiger partial charge in [0.1, 0.15) is 0 Å². The van der Waals surface area contributed by atoms with Crippen LogP contribution in [-0.2, 0) is 10.0 Å². The Labute approximate surface area is 183 Å². The van der Waals surface area contributed by atoms with Crippen molar-refractivity contribution in [1.29, 1.82) is 0 Å². The van der Waals surface area contributed by atoms with Crippen LogP contribution in [0.15, 0.2) is 90.0 Å². The first-order valence-corrected chi connectivity index (χ1v) is 12.3. The van der Waals surface area contributed by atoms with Crippen LogP contribution in [0.25, 0.3) is 10.9 Å². The van der Waals surface area contributed by atoms with Gasteiger partial charge in [0.25, 0.3) is 10.0 Å². The average molecular weight is 431 g/mol. The van der Waals surface area contributed by atoms with Crippen LogP contribution >= 0.6 is 0 Å². The molecule has 4 aromatic rings. The monoisotopic (exact) mass is 430 g/mol. The van der Waals surface area contributed by atoms with Crippen molar-refractivity contribution in [3.8, 4) is 0 Å². The maximum absolute atomic E-state index is 13.8. The van der Waals surface area contributed by atoms with Gasteiger partial charge in [-0.05, 0) is 30.0 Å². The molecule has 0 spiro atoms. The number of aromatic amines is 1. The van der Waals surface area contributed by atoms with Gasteiger partial charge in [-0.25, -0.2) is 8.42 Å². The Morgan fingerprint density at radius 3 is 1.87 bits per heavy atom. The van der Waals surface area contributed by atoms with Crippen molar-refractivity contribution in [2.24, 2.45) is 0 Å². The standard InChI is InChI=1S/C26H26N2O2S/c29-31(30,28-18-10-3-11-19-28)26-25(22-16-8-9-17-23(22)27-26)24(20-12-4-1-5-13-20)21-14-6-2-7-15-21/h1-2,4-9,12-17,24,27H,3,10-11,18-19H2. The number of benzene rings is 3. The van der Waals surface area contributed by atoms with E-state index in [2.05, 4.69) is 29.2 Å². The zero-order valence-electron chi connectivity index (χ0n) is 17.4. The summed E-state index contributed by atoms with van der Waals surface area (Å²) in [6, 6.07) is 28.3. The lowest BCUT2D eigenvalue weighted by Crippen LogP contribution is -2.36. The molecule has 0 radical (unpaired) electrons. The molecule has 5 heteroatoms. The summed E-state index contributed by atoms with van der Waals surface area (Å²) in [4.78, 5) is 3.29. The van der Waals surface area contributed by atoms with E-state index in [1.165, 1.54) is 0 Å². The highest BCUT2D eigenvalue weighted by molar-refractivity contribution is 7.89. The lowest BCUT2D eigenvalue weighted by Gasteiger charge is -2.27. The van der Waals surface area contributed by atoms with Crippen molar-refractivity contribution in [2.45, 2.75) is 30.2 Å². The van der Waals surface area contributed by atoms with Crippen LogP contribution in [0.1, 0.15) is 41.9 Å². The van der Waals surface area contributed by atoms with E-state index in [-0.39, 0.29) is 5.92 Å². The van der Waals surface area contributed by atoms with E-state index in [0.717, 1.165) is 46.9 Å². The molecule has 0 unspecified atom stereocenters. The van der Waals surface area contributed by atoms with Crippen molar-refractivity contribution >= 4 is 20.9 Å². The van der Waals surface area contributed by atoms with Gasteiger partial charge in [0.05, 0.1) is 0 Å². The first-order chi connectivity index (χ1) is 15.2. The van der Waals surface area contributed by atoms with Gasteiger partial charge in [0.15, 0.2) is 5.03 Å². The topological polar surface area (TPSA) is 53.2 Å². The van der Waals surface area contributed by atoms with Crippen LogP contribution in [0.3, 0.4) is 0 Å². The first-order valence-electron chi connectivity index (χ1n) is 10.9. The molecule has 31 heavy (non-hydrogen) atoms. The molecule has 1 aromatic heterocycles. The normalized spacial score (nSPS) is 15.5. The van der Waals surface area contributed by atoms with E-state index in [1.54, 1.807) is 4.31 Å². The predicted molar refractivity (Wildman–Crippen MR) is 125 cm³/mol. The molecule has 0 bridgehead atoms. The number of hydrogen-bond acceptors (Lipinski definition) is 2. The summed E-state index contributed by atoms with van der Waals surface area (Å²) >= 11 is 0. The number of nitrogens with one attached hydrogen (secondary N) is 1. The van der Waals surface area contributed by atoms with Gasteiger partial charge in [-0.1, -0.05) is 85.3 Å². The molecule has 2 heterocycles. The molecule has 4 nitrogen and oxygen atoms in total. The molecule has 0 aliphatic carbocycles. The molecule has 3 aromatic carbocycles. The number of para-hydroxylation sites is 1. The highest BCUT2D eigenvalue weighted by Gasteiger charge is 2.34.